The maximum absolute atomic E-state index is 13.1. The van der Waals surface area contributed by atoms with Gasteiger partial charge >= 0.3 is 0 Å². The van der Waals surface area contributed by atoms with Gasteiger partial charge in [0.05, 0.1) is 23.1 Å². The number of fused-ring (bicyclic) bond motifs is 5. The van der Waals surface area contributed by atoms with Gasteiger partial charge in [0.25, 0.3) is 10.0 Å². The molecule has 0 radical (unpaired) electrons. The highest BCUT2D eigenvalue weighted by molar-refractivity contribution is 7.92. The number of methoxy groups -OCH3 is 1. The van der Waals surface area contributed by atoms with Crippen molar-refractivity contribution in [3.8, 4) is 17.1 Å². The number of sulfonamides is 1. The molecule has 1 aliphatic carbocycles. The van der Waals surface area contributed by atoms with Crippen LogP contribution in [0, 0.1) is 0 Å². The van der Waals surface area contributed by atoms with Crippen LogP contribution in [-0.4, -0.2) is 35.1 Å². The van der Waals surface area contributed by atoms with E-state index in [9.17, 15) is 8.42 Å². The minimum atomic E-state index is -3.85. The Morgan fingerprint density at radius 1 is 1.09 bits per heavy atom. The number of benzene rings is 2. The van der Waals surface area contributed by atoms with Crippen molar-refractivity contribution in [3.63, 3.8) is 0 Å². The number of thiophene rings is 1. The number of para-hydroxylation sites is 2. The first-order valence-electron chi connectivity index (χ1n) is 11.0. The normalized spacial score (nSPS) is 13.8. The van der Waals surface area contributed by atoms with Gasteiger partial charge in [-0.25, -0.2) is 22.9 Å². The van der Waals surface area contributed by atoms with Crippen LogP contribution in [0.4, 0.5) is 5.69 Å². The molecule has 1 aliphatic rings. The number of hydrogen-bond acceptors (Lipinski definition) is 7. The highest BCUT2D eigenvalue weighted by Gasteiger charge is 2.22. The second kappa shape index (κ2) is 8.07. The topological polar surface area (TPSA) is 98.5 Å². The molecule has 2 aromatic carbocycles. The van der Waals surface area contributed by atoms with Crippen molar-refractivity contribution in [2.24, 2.45) is 0 Å². The molecule has 6 rings (SSSR count). The molecule has 172 valence electrons. The van der Waals surface area contributed by atoms with Gasteiger partial charge in [0, 0.05) is 10.4 Å². The molecule has 8 nitrogen and oxygen atoms in total. The van der Waals surface area contributed by atoms with Gasteiger partial charge in [0.15, 0.2) is 11.5 Å². The Balaban J connectivity index is 1.41. The first-order valence-corrected chi connectivity index (χ1v) is 13.3. The molecular weight excluding hydrogens is 470 g/mol. The number of hydrogen-bond donors (Lipinski definition) is 1. The number of rotatable bonds is 5. The van der Waals surface area contributed by atoms with Crippen molar-refractivity contribution in [2.75, 3.05) is 11.8 Å². The van der Waals surface area contributed by atoms with Crippen LogP contribution >= 0.6 is 11.3 Å². The molecule has 0 saturated carbocycles. The molecule has 0 atom stereocenters. The summed E-state index contributed by atoms with van der Waals surface area (Å²) in [4.78, 5) is 11.9. The van der Waals surface area contributed by atoms with Crippen LogP contribution in [0.2, 0.25) is 0 Å². The highest BCUT2D eigenvalue weighted by Crippen LogP contribution is 2.37. The summed E-state index contributed by atoms with van der Waals surface area (Å²) in [5, 5.41) is 5.68. The number of aryl methyl sites for hydroxylation is 2. The van der Waals surface area contributed by atoms with E-state index in [2.05, 4.69) is 14.8 Å². The summed E-state index contributed by atoms with van der Waals surface area (Å²) in [5.41, 5.74) is 3.08. The van der Waals surface area contributed by atoms with Crippen molar-refractivity contribution in [1.82, 2.24) is 19.6 Å². The fraction of sp³-hybridized carbons (Fsp3) is 0.208. The minimum absolute atomic E-state index is 0.117. The van der Waals surface area contributed by atoms with Gasteiger partial charge in [0.1, 0.15) is 16.9 Å². The fourth-order valence-corrected chi connectivity index (χ4v) is 6.75. The predicted octanol–water partition coefficient (Wildman–Crippen LogP) is 4.69. The van der Waals surface area contributed by atoms with Crippen molar-refractivity contribution in [2.45, 2.75) is 30.6 Å². The summed E-state index contributed by atoms with van der Waals surface area (Å²) in [6, 6.07) is 13.5. The largest absolute Gasteiger partial charge is 0.495 e. The second-order valence-electron chi connectivity index (χ2n) is 8.17. The van der Waals surface area contributed by atoms with E-state index >= 15 is 0 Å². The lowest BCUT2D eigenvalue weighted by Crippen LogP contribution is -2.13. The van der Waals surface area contributed by atoms with Crippen LogP contribution in [-0.2, 0) is 22.9 Å². The minimum Gasteiger partial charge on any atom is -0.495 e. The van der Waals surface area contributed by atoms with E-state index in [-0.39, 0.29) is 4.90 Å². The van der Waals surface area contributed by atoms with Crippen LogP contribution in [0.1, 0.15) is 23.3 Å². The Kier molecular flexibility index (Phi) is 5.00. The molecule has 0 amide bonds. The Bertz CT molecular complexity index is 1660. The molecule has 0 bridgehead atoms. The van der Waals surface area contributed by atoms with Gasteiger partial charge in [-0.05, 0) is 55.5 Å². The van der Waals surface area contributed by atoms with Crippen LogP contribution in [0.15, 0.2) is 59.8 Å². The van der Waals surface area contributed by atoms with Gasteiger partial charge in [-0.3, -0.25) is 4.72 Å². The average Bonchev–Trinajstić information content (AvgIpc) is 3.45. The molecule has 0 spiro atoms. The number of ether oxygens (including phenoxy) is 1. The van der Waals surface area contributed by atoms with Crippen LogP contribution in [0.3, 0.4) is 0 Å². The maximum Gasteiger partial charge on any atom is 0.262 e. The summed E-state index contributed by atoms with van der Waals surface area (Å²) in [6.45, 7) is 0. The Morgan fingerprint density at radius 2 is 1.94 bits per heavy atom. The molecule has 3 aromatic heterocycles. The summed E-state index contributed by atoms with van der Waals surface area (Å²) in [7, 11) is -2.35. The van der Waals surface area contributed by atoms with Crippen molar-refractivity contribution in [1.29, 1.82) is 0 Å². The maximum atomic E-state index is 13.1. The highest BCUT2D eigenvalue weighted by atomic mass is 32.2. The zero-order valence-electron chi connectivity index (χ0n) is 18.4. The number of nitrogens with one attached hydrogen (secondary N) is 1. The molecule has 0 fully saturated rings. The molecule has 0 saturated heterocycles. The van der Waals surface area contributed by atoms with Crippen molar-refractivity contribution >= 4 is 42.9 Å². The Hall–Kier alpha value is -3.50. The Labute approximate surface area is 200 Å². The molecule has 0 unspecified atom stereocenters. The van der Waals surface area contributed by atoms with Crippen LogP contribution < -0.4 is 9.46 Å². The third-order valence-electron chi connectivity index (χ3n) is 6.05. The smallest absolute Gasteiger partial charge is 0.262 e. The summed E-state index contributed by atoms with van der Waals surface area (Å²) >= 11 is 1.74. The van der Waals surface area contributed by atoms with E-state index in [1.165, 1.54) is 30.4 Å². The zero-order valence-corrected chi connectivity index (χ0v) is 20.0. The first kappa shape index (κ1) is 21.1. The quantitative estimate of drug-likeness (QED) is 0.383. The van der Waals surface area contributed by atoms with E-state index in [1.807, 2.05) is 6.07 Å². The number of aromatic nitrogens is 4. The standard InChI is InChI=1S/C24H21N5O3S2/c1-32-19-11-4-3-10-18(19)28-34(30,31)16-8-6-7-15(13-16)22-26-23-21-17-9-2-5-12-20(17)33-24(21)25-14-29(23)27-22/h3-4,6-8,10-11,13-14,28H,2,5,9,12H2,1H3. The number of nitrogens with zero attached hydrogens (tertiary/aromatic N) is 4. The summed E-state index contributed by atoms with van der Waals surface area (Å²) < 4.78 is 35.8. The SMILES string of the molecule is COc1ccccc1NS(=O)(=O)c1cccc(-c2nc3c4c5c(sc4ncn3n2)CCCC5)c1. The Morgan fingerprint density at radius 3 is 2.82 bits per heavy atom. The molecule has 5 aromatic rings. The van der Waals surface area contributed by atoms with E-state index in [1.54, 1.807) is 64.6 Å². The number of anilines is 1. The van der Waals surface area contributed by atoms with Crippen LogP contribution in [0.25, 0.3) is 27.3 Å². The molecular formula is C24H21N5O3S2. The van der Waals surface area contributed by atoms with Crippen LogP contribution in [0.5, 0.6) is 5.75 Å². The van der Waals surface area contributed by atoms with Crippen molar-refractivity contribution in [3.05, 3.63) is 65.3 Å². The van der Waals surface area contributed by atoms with Crippen molar-refractivity contribution < 1.29 is 13.2 Å². The first-order chi connectivity index (χ1) is 16.5. The molecule has 34 heavy (non-hydrogen) atoms. The second-order valence-corrected chi connectivity index (χ2v) is 10.9. The van der Waals surface area contributed by atoms with Gasteiger partial charge in [0.2, 0.25) is 0 Å². The monoisotopic (exact) mass is 491 g/mol. The lowest BCUT2D eigenvalue weighted by Gasteiger charge is -2.12. The average molecular weight is 492 g/mol. The van der Waals surface area contributed by atoms with E-state index in [0.29, 0.717) is 22.8 Å². The summed E-state index contributed by atoms with van der Waals surface area (Å²) in [5.74, 6) is 0.902. The lowest BCUT2D eigenvalue weighted by molar-refractivity contribution is 0.417. The fourth-order valence-electron chi connectivity index (χ4n) is 4.41. The molecule has 1 N–H and O–H groups in total. The van der Waals surface area contributed by atoms with Gasteiger partial charge < -0.3 is 4.74 Å². The van der Waals surface area contributed by atoms with Gasteiger partial charge in [-0.15, -0.1) is 16.4 Å². The van der Waals surface area contributed by atoms with E-state index in [0.717, 1.165) is 28.7 Å². The molecule has 0 aliphatic heterocycles. The lowest BCUT2D eigenvalue weighted by atomic mass is 9.97. The van der Waals surface area contributed by atoms with Gasteiger partial charge in [-0.2, -0.15) is 0 Å². The summed E-state index contributed by atoms with van der Waals surface area (Å²) in [6.07, 6.45) is 6.17. The third kappa shape index (κ3) is 3.50. The van der Waals surface area contributed by atoms with E-state index < -0.39 is 10.0 Å². The van der Waals surface area contributed by atoms with Gasteiger partial charge in [-0.1, -0.05) is 24.3 Å². The molecule has 3 heterocycles. The predicted molar refractivity (Wildman–Crippen MR) is 132 cm³/mol. The third-order valence-corrected chi connectivity index (χ3v) is 8.61. The van der Waals surface area contributed by atoms with E-state index in [4.69, 9.17) is 9.72 Å². The molecule has 10 heteroatoms. The zero-order chi connectivity index (χ0) is 23.3.